The van der Waals surface area contributed by atoms with Crippen LogP contribution in [0.25, 0.3) is 10.9 Å². The molecule has 1 fully saturated rings. The van der Waals surface area contributed by atoms with Crippen LogP contribution in [-0.2, 0) is 6.18 Å². The van der Waals surface area contributed by atoms with Crippen LogP contribution in [0.1, 0.15) is 12.1 Å². The highest BCUT2D eigenvalue weighted by atomic mass is 19.4. The molecule has 2 aromatic rings. The number of rotatable bonds is 1. The lowest BCUT2D eigenvalue weighted by Crippen LogP contribution is -2.28. The molecule has 22 heavy (non-hydrogen) atoms. The largest absolute Gasteiger partial charge is 0.433 e. The topological polar surface area (TPSA) is 28.2 Å². The summed E-state index contributed by atoms with van der Waals surface area (Å²) in [4.78, 5) is 5.34. The van der Waals surface area contributed by atoms with Crippen LogP contribution in [0.5, 0.6) is 0 Å². The van der Waals surface area contributed by atoms with Crippen molar-refractivity contribution >= 4 is 16.6 Å². The lowest BCUT2D eigenvalue weighted by Gasteiger charge is -2.25. The predicted molar refractivity (Wildman–Crippen MR) is 76.4 cm³/mol. The average Bonchev–Trinajstić information content (AvgIpc) is 2.75. The molecule has 0 unspecified atom stereocenters. The molecule has 0 bridgehead atoms. The van der Waals surface area contributed by atoms with Crippen molar-refractivity contribution in [1.82, 2.24) is 10.3 Å². The van der Waals surface area contributed by atoms with Gasteiger partial charge in [0.2, 0.25) is 0 Å². The van der Waals surface area contributed by atoms with Crippen LogP contribution in [0, 0.1) is 5.82 Å². The Hall–Kier alpha value is -1.89. The number of nitrogens with zero attached hydrogens (tertiary/aromatic N) is 2. The molecule has 1 saturated heterocycles. The van der Waals surface area contributed by atoms with Crippen molar-refractivity contribution in [3.05, 3.63) is 35.8 Å². The molecule has 0 atom stereocenters. The Bertz CT molecular complexity index is 676. The summed E-state index contributed by atoms with van der Waals surface area (Å²) in [6.45, 7) is 2.70. The van der Waals surface area contributed by atoms with Crippen molar-refractivity contribution in [2.24, 2.45) is 0 Å². The zero-order valence-electron chi connectivity index (χ0n) is 11.8. The van der Waals surface area contributed by atoms with E-state index in [-0.39, 0.29) is 5.52 Å². The van der Waals surface area contributed by atoms with Gasteiger partial charge in [-0.05, 0) is 25.1 Å². The van der Waals surface area contributed by atoms with E-state index in [1.54, 1.807) is 6.07 Å². The number of benzene rings is 1. The van der Waals surface area contributed by atoms with Crippen LogP contribution in [0.2, 0.25) is 0 Å². The maximum Gasteiger partial charge on any atom is 0.433 e. The summed E-state index contributed by atoms with van der Waals surface area (Å²) < 4.78 is 53.1. The van der Waals surface area contributed by atoms with Gasteiger partial charge in [-0.25, -0.2) is 9.37 Å². The second kappa shape index (κ2) is 5.72. The van der Waals surface area contributed by atoms with Crippen molar-refractivity contribution in [3.8, 4) is 0 Å². The van der Waals surface area contributed by atoms with E-state index in [1.807, 2.05) is 4.90 Å². The first-order chi connectivity index (χ1) is 10.5. The highest BCUT2D eigenvalue weighted by Gasteiger charge is 2.34. The van der Waals surface area contributed by atoms with Crippen LogP contribution in [-0.4, -0.2) is 31.2 Å². The third-order valence-corrected chi connectivity index (χ3v) is 3.74. The summed E-state index contributed by atoms with van der Waals surface area (Å²) in [7, 11) is 0. The van der Waals surface area contributed by atoms with Gasteiger partial charge in [0.15, 0.2) is 0 Å². The molecule has 0 saturated carbocycles. The third kappa shape index (κ3) is 2.85. The number of aromatic nitrogens is 1. The molecule has 1 aromatic heterocycles. The van der Waals surface area contributed by atoms with E-state index in [2.05, 4.69) is 10.3 Å². The summed E-state index contributed by atoms with van der Waals surface area (Å²) in [5.41, 5.74) is -0.901. The molecule has 1 aliphatic rings. The highest BCUT2D eigenvalue weighted by Crippen LogP contribution is 2.35. The standard InChI is InChI=1S/C15H15F4N3/c16-11-4-1-3-10-12(22-7-2-5-20-6-8-22)9-13(15(17,18)19)21-14(10)11/h1,3-4,9,20H,2,5-8H2. The van der Waals surface area contributed by atoms with Crippen molar-refractivity contribution in [2.45, 2.75) is 12.6 Å². The molecule has 2 heterocycles. The van der Waals surface area contributed by atoms with Crippen LogP contribution in [0.15, 0.2) is 24.3 Å². The fourth-order valence-electron chi connectivity index (χ4n) is 2.69. The second-order valence-electron chi connectivity index (χ2n) is 5.25. The minimum atomic E-state index is -4.60. The second-order valence-corrected chi connectivity index (χ2v) is 5.25. The Balaban J connectivity index is 2.19. The molecular formula is C15H15F4N3. The quantitative estimate of drug-likeness (QED) is 0.820. The zero-order chi connectivity index (χ0) is 15.7. The van der Waals surface area contributed by atoms with Gasteiger partial charge in [0.1, 0.15) is 17.0 Å². The molecule has 1 aliphatic heterocycles. The number of pyridine rings is 1. The minimum Gasteiger partial charge on any atom is -0.370 e. The fourth-order valence-corrected chi connectivity index (χ4v) is 2.69. The maximum atomic E-state index is 13.9. The molecule has 3 rings (SSSR count). The molecule has 7 heteroatoms. The van der Waals surface area contributed by atoms with Crippen LogP contribution in [0.4, 0.5) is 23.2 Å². The van der Waals surface area contributed by atoms with E-state index in [9.17, 15) is 17.6 Å². The first kappa shape index (κ1) is 15.0. The Kier molecular flexibility index (Phi) is 3.90. The number of hydrogen-bond acceptors (Lipinski definition) is 3. The number of anilines is 1. The zero-order valence-corrected chi connectivity index (χ0v) is 11.8. The Labute approximate surface area is 124 Å². The summed E-state index contributed by atoms with van der Waals surface area (Å²) in [6.07, 6.45) is -3.78. The molecule has 3 nitrogen and oxygen atoms in total. The molecule has 1 N–H and O–H groups in total. The van der Waals surface area contributed by atoms with Gasteiger partial charge in [-0.2, -0.15) is 13.2 Å². The van der Waals surface area contributed by atoms with E-state index < -0.39 is 17.7 Å². The van der Waals surface area contributed by atoms with Crippen molar-refractivity contribution in [2.75, 3.05) is 31.1 Å². The van der Waals surface area contributed by atoms with E-state index in [1.165, 1.54) is 6.07 Å². The third-order valence-electron chi connectivity index (χ3n) is 3.74. The van der Waals surface area contributed by atoms with Crippen molar-refractivity contribution < 1.29 is 17.6 Å². The number of halogens is 4. The molecule has 1 aromatic carbocycles. The molecule has 0 spiro atoms. The van der Waals surface area contributed by atoms with Crippen LogP contribution in [0.3, 0.4) is 0 Å². The summed E-state index contributed by atoms with van der Waals surface area (Å²) in [5, 5.41) is 3.61. The van der Waals surface area contributed by atoms with Gasteiger partial charge in [-0.15, -0.1) is 0 Å². The monoisotopic (exact) mass is 313 g/mol. The van der Waals surface area contributed by atoms with Crippen LogP contribution >= 0.6 is 0 Å². The molecule has 0 amide bonds. The summed E-state index contributed by atoms with van der Waals surface area (Å²) in [6, 6.07) is 5.25. The molecular weight excluding hydrogens is 298 g/mol. The van der Waals surface area contributed by atoms with E-state index in [0.29, 0.717) is 30.7 Å². The minimum absolute atomic E-state index is 0.232. The van der Waals surface area contributed by atoms with E-state index >= 15 is 0 Å². The molecule has 0 aliphatic carbocycles. The first-order valence-corrected chi connectivity index (χ1v) is 7.09. The lowest BCUT2D eigenvalue weighted by atomic mass is 10.1. The highest BCUT2D eigenvalue weighted by molar-refractivity contribution is 5.92. The smallest absolute Gasteiger partial charge is 0.370 e. The van der Waals surface area contributed by atoms with Gasteiger partial charge < -0.3 is 10.2 Å². The van der Waals surface area contributed by atoms with Gasteiger partial charge in [0, 0.05) is 30.7 Å². The molecule has 0 radical (unpaired) electrons. The fraction of sp³-hybridized carbons (Fsp3) is 0.400. The van der Waals surface area contributed by atoms with E-state index in [0.717, 1.165) is 25.1 Å². The first-order valence-electron chi connectivity index (χ1n) is 7.09. The summed E-state index contributed by atoms with van der Waals surface area (Å²) in [5.74, 6) is -0.738. The van der Waals surface area contributed by atoms with Gasteiger partial charge in [0.25, 0.3) is 0 Å². The number of hydrogen-bond donors (Lipinski definition) is 1. The number of alkyl halides is 3. The van der Waals surface area contributed by atoms with Gasteiger partial charge in [-0.1, -0.05) is 12.1 Å². The lowest BCUT2D eigenvalue weighted by molar-refractivity contribution is -0.140. The van der Waals surface area contributed by atoms with Gasteiger partial charge in [0.05, 0.1) is 0 Å². The van der Waals surface area contributed by atoms with Crippen molar-refractivity contribution in [3.63, 3.8) is 0 Å². The molecule has 118 valence electrons. The average molecular weight is 313 g/mol. The normalized spacial score (nSPS) is 16.8. The van der Waals surface area contributed by atoms with Gasteiger partial charge >= 0.3 is 6.18 Å². The predicted octanol–water partition coefficient (Wildman–Crippen LogP) is 3.19. The summed E-state index contributed by atoms with van der Waals surface area (Å²) >= 11 is 0. The SMILES string of the molecule is Fc1cccc2c(N3CCCNCC3)cc(C(F)(F)F)nc12. The van der Waals surface area contributed by atoms with Crippen molar-refractivity contribution in [1.29, 1.82) is 0 Å². The Morgan fingerprint density at radius 2 is 1.95 bits per heavy atom. The Morgan fingerprint density at radius 1 is 1.14 bits per heavy atom. The maximum absolute atomic E-state index is 13.9. The number of fused-ring (bicyclic) bond motifs is 1. The number of nitrogens with one attached hydrogen (secondary N) is 1. The Morgan fingerprint density at radius 3 is 2.73 bits per heavy atom. The number of para-hydroxylation sites is 1. The van der Waals surface area contributed by atoms with Gasteiger partial charge in [-0.3, -0.25) is 0 Å². The van der Waals surface area contributed by atoms with E-state index in [4.69, 9.17) is 0 Å². The van der Waals surface area contributed by atoms with Crippen LogP contribution < -0.4 is 10.2 Å².